The third kappa shape index (κ3) is 3.25. The molecule has 0 saturated heterocycles. The van der Waals surface area contributed by atoms with Crippen LogP contribution in [0.4, 0.5) is 5.69 Å². The molecule has 21 heavy (non-hydrogen) atoms. The summed E-state index contributed by atoms with van der Waals surface area (Å²) in [5, 5.41) is 2.13. The average Bonchev–Trinajstić information content (AvgIpc) is 3.20. The molecular weight excluding hydrogens is 316 g/mol. The van der Waals surface area contributed by atoms with E-state index in [1.165, 1.54) is 23.4 Å². The van der Waals surface area contributed by atoms with Gasteiger partial charge in [0.05, 0.1) is 6.54 Å². The van der Waals surface area contributed by atoms with Gasteiger partial charge in [0.1, 0.15) is 4.99 Å². The Morgan fingerprint density at radius 3 is 2.76 bits per heavy atom. The van der Waals surface area contributed by atoms with Crippen molar-refractivity contribution in [1.82, 2.24) is 0 Å². The highest BCUT2D eigenvalue weighted by Crippen LogP contribution is 2.38. The maximum absolute atomic E-state index is 6.02. The summed E-state index contributed by atoms with van der Waals surface area (Å²) in [4.78, 5) is 5.51. The number of hydrogen-bond acceptors (Lipinski definition) is 4. The Balaban J connectivity index is 2.01. The number of benzene rings is 1. The smallest absolute Gasteiger partial charge is 0.107 e. The second kappa shape index (κ2) is 6.38. The molecule has 1 heterocycles. The van der Waals surface area contributed by atoms with Gasteiger partial charge in [-0.25, -0.2) is 0 Å². The summed E-state index contributed by atoms with van der Waals surface area (Å²) in [6.45, 7) is 0.940. The van der Waals surface area contributed by atoms with Crippen LogP contribution >= 0.6 is 35.3 Å². The van der Waals surface area contributed by atoms with E-state index < -0.39 is 0 Å². The van der Waals surface area contributed by atoms with E-state index in [-0.39, 0.29) is 0 Å². The van der Waals surface area contributed by atoms with Crippen molar-refractivity contribution in [2.75, 3.05) is 11.2 Å². The van der Waals surface area contributed by atoms with Crippen LogP contribution in [-0.4, -0.2) is 17.3 Å². The van der Waals surface area contributed by atoms with Gasteiger partial charge < -0.3 is 10.6 Å². The quantitative estimate of drug-likeness (QED) is 0.631. The molecule has 5 heteroatoms. The zero-order chi connectivity index (χ0) is 14.8. The standard InChI is InChI=1S/C16H18N2S3/c1-20-14-6-2-5-13(15(14)16(17)19)18(11-7-8-11)10-12-4-3-9-21-12/h2-6,9,11H,7-8,10H2,1H3,(H2,17,19). The van der Waals surface area contributed by atoms with Gasteiger partial charge in [0.15, 0.2) is 0 Å². The second-order valence-electron chi connectivity index (χ2n) is 5.16. The average molecular weight is 335 g/mol. The van der Waals surface area contributed by atoms with Crippen molar-refractivity contribution >= 4 is 46.0 Å². The summed E-state index contributed by atoms with van der Waals surface area (Å²) >= 11 is 8.83. The molecule has 1 aliphatic rings. The molecule has 1 aromatic carbocycles. The predicted molar refractivity (Wildman–Crippen MR) is 97.6 cm³/mol. The molecule has 0 atom stereocenters. The van der Waals surface area contributed by atoms with Crippen molar-refractivity contribution < 1.29 is 0 Å². The Labute approximate surface area is 139 Å². The number of thiophene rings is 1. The lowest BCUT2D eigenvalue weighted by molar-refractivity contribution is 0.801. The Hall–Kier alpha value is -1.04. The predicted octanol–water partition coefficient (Wildman–Crippen LogP) is 4.27. The third-order valence-electron chi connectivity index (χ3n) is 3.67. The first-order valence-electron chi connectivity index (χ1n) is 6.96. The molecular formula is C16H18N2S3. The van der Waals surface area contributed by atoms with Crippen LogP contribution in [0, 0.1) is 0 Å². The molecule has 110 valence electrons. The number of rotatable bonds is 6. The summed E-state index contributed by atoms with van der Waals surface area (Å²) in [6, 6.07) is 11.3. The van der Waals surface area contributed by atoms with Crippen LogP contribution in [0.1, 0.15) is 23.3 Å². The van der Waals surface area contributed by atoms with Gasteiger partial charge in [-0.2, -0.15) is 0 Å². The summed E-state index contributed by atoms with van der Waals surface area (Å²) in [5.41, 5.74) is 8.23. The summed E-state index contributed by atoms with van der Waals surface area (Å²) in [6.07, 6.45) is 4.58. The number of hydrogen-bond donors (Lipinski definition) is 1. The van der Waals surface area contributed by atoms with E-state index in [1.807, 2.05) is 0 Å². The molecule has 2 nitrogen and oxygen atoms in total. The summed E-state index contributed by atoms with van der Waals surface area (Å²) < 4.78 is 0. The minimum atomic E-state index is 0.492. The molecule has 3 rings (SSSR count). The fourth-order valence-electron chi connectivity index (χ4n) is 2.54. The molecule has 0 aliphatic heterocycles. The van der Waals surface area contributed by atoms with E-state index in [1.54, 1.807) is 23.1 Å². The Kier molecular flexibility index (Phi) is 4.52. The van der Waals surface area contributed by atoms with Crippen molar-refractivity contribution in [1.29, 1.82) is 0 Å². The number of nitrogens with zero attached hydrogens (tertiary/aromatic N) is 1. The molecule has 1 saturated carbocycles. The Morgan fingerprint density at radius 2 is 2.19 bits per heavy atom. The highest BCUT2D eigenvalue weighted by atomic mass is 32.2. The topological polar surface area (TPSA) is 29.3 Å². The lowest BCUT2D eigenvalue weighted by Gasteiger charge is -2.27. The second-order valence-corrected chi connectivity index (χ2v) is 7.48. The van der Waals surface area contributed by atoms with Crippen LogP contribution in [-0.2, 0) is 6.54 Å². The van der Waals surface area contributed by atoms with Crippen LogP contribution < -0.4 is 10.6 Å². The highest BCUT2D eigenvalue weighted by Gasteiger charge is 2.31. The van der Waals surface area contributed by atoms with E-state index in [9.17, 15) is 0 Å². The number of thioether (sulfide) groups is 1. The molecule has 0 amide bonds. The van der Waals surface area contributed by atoms with E-state index in [2.05, 4.69) is 46.9 Å². The molecule has 0 radical (unpaired) electrons. The zero-order valence-corrected chi connectivity index (χ0v) is 14.4. The minimum absolute atomic E-state index is 0.492. The fourth-order valence-corrected chi connectivity index (χ4v) is 4.16. The molecule has 0 bridgehead atoms. The largest absolute Gasteiger partial charge is 0.389 e. The first kappa shape index (κ1) is 14.9. The number of nitrogens with two attached hydrogens (primary N) is 1. The van der Waals surface area contributed by atoms with Crippen molar-refractivity contribution in [3.8, 4) is 0 Å². The van der Waals surface area contributed by atoms with Crippen LogP contribution in [0.15, 0.2) is 40.6 Å². The van der Waals surface area contributed by atoms with Crippen molar-refractivity contribution in [2.24, 2.45) is 5.73 Å². The zero-order valence-electron chi connectivity index (χ0n) is 11.9. The molecule has 2 aromatic rings. The van der Waals surface area contributed by atoms with E-state index in [0.29, 0.717) is 11.0 Å². The van der Waals surface area contributed by atoms with Crippen LogP contribution in [0.2, 0.25) is 0 Å². The minimum Gasteiger partial charge on any atom is -0.389 e. The molecule has 2 N–H and O–H groups in total. The molecule has 0 spiro atoms. The van der Waals surface area contributed by atoms with Crippen molar-refractivity contribution in [3.05, 3.63) is 46.2 Å². The lowest BCUT2D eigenvalue weighted by atomic mass is 10.1. The monoisotopic (exact) mass is 334 g/mol. The first-order chi connectivity index (χ1) is 10.2. The fraction of sp³-hybridized carbons (Fsp3) is 0.312. The first-order valence-corrected chi connectivity index (χ1v) is 9.48. The van der Waals surface area contributed by atoms with Crippen LogP contribution in [0.5, 0.6) is 0 Å². The lowest BCUT2D eigenvalue weighted by Crippen LogP contribution is -2.28. The molecule has 1 aromatic heterocycles. The van der Waals surface area contributed by atoms with Gasteiger partial charge in [0.2, 0.25) is 0 Å². The van der Waals surface area contributed by atoms with Gasteiger partial charge >= 0.3 is 0 Å². The Bertz CT molecular complexity index is 633. The Morgan fingerprint density at radius 1 is 1.38 bits per heavy atom. The van der Waals surface area contributed by atoms with Crippen molar-refractivity contribution in [2.45, 2.75) is 30.3 Å². The van der Waals surface area contributed by atoms with Crippen LogP contribution in [0.3, 0.4) is 0 Å². The normalized spacial score (nSPS) is 14.1. The number of thiocarbonyl (C=S) groups is 1. The van der Waals surface area contributed by atoms with E-state index >= 15 is 0 Å². The van der Waals surface area contributed by atoms with E-state index in [0.717, 1.165) is 17.0 Å². The third-order valence-corrected chi connectivity index (χ3v) is 5.52. The van der Waals surface area contributed by atoms with Gasteiger partial charge in [0.25, 0.3) is 0 Å². The molecule has 0 unspecified atom stereocenters. The maximum Gasteiger partial charge on any atom is 0.107 e. The van der Waals surface area contributed by atoms with Gasteiger partial charge in [-0.15, -0.1) is 23.1 Å². The van der Waals surface area contributed by atoms with Crippen molar-refractivity contribution in [3.63, 3.8) is 0 Å². The van der Waals surface area contributed by atoms with Gasteiger partial charge in [-0.1, -0.05) is 24.4 Å². The van der Waals surface area contributed by atoms with Gasteiger partial charge in [0, 0.05) is 27.1 Å². The SMILES string of the molecule is CSc1cccc(N(Cc2cccs2)C2CC2)c1C(N)=S. The summed E-state index contributed by atoms with van der Waals surface area (Å²) in [7, 11) is 0. The maximum atomic E-state index is 6.02. The molecule has 1 aliphatic carbocycles. The van der Waals surface area contributed by atoms with Gasteiger partial charge in [-0.3, -0.25) is 0 Å². The molecule has 1 fully saturated rings. The number of anilines is 1. The summed E-state index contributed by atoms with van der Waals surface area (Å²) in [5.74, 6) is 0. The van der Waals surface area contributed by atoms with E-state index in [4.69, 9.17) is 18.0 Å². The highest BCUT2D eigenvalue weighted by molar-refractivity contribution is 7.98. The van der Waals surface area contributed by atoms with Gasteiger partial charge in [-0.05, 0) is 42.7 Å². The van der Waals surface area contributed by atoms with Crippen LogP contribution in [0.25, 0.3) is 0 Å².